The van der Waals surface area contributed by atoms with Crippen LogP contribution in [0.1, 0.15) is 11.4 Å². The molecule has 0 saturated carbocycles. The maximum absolute atomic E-state index is 8.58. The fourth-order valence-corrected chi connectivity index (χ4v) is 1.29. The fraction of sp³-hybridized carbons (Fsp3) is 0.154. The third-order valence-corrected chi connectivity index (χ3v) is 2.26. The first-order valence-corrected chi connectivity index (χ1v) is 5.20. The van der Waals surface area contributed by atoms with E-state index >= 15 is 0 Å². The molecule has 1 aromatic heterocycles. The van der Waals surface area contributed by atoms with Gasteiger partial charge in [-0.3, -0.25) is 9.78 Å². The number of nitrogens with two attached hydrogens (primary N) is 1. The SMILES string of the molecule is Cc1ncc(-c2ccccc2)nc1C.NC=O. The smallest absolute Gasteiger partial charge is 0.204 e. The molecule has 2 N–H and O–H groups in total. The summed E-state index contributed by atoms with van der Waals surface area (Å²) in [6.45, 7) is 3.95. The molecule has 2 aromatic rings. The molecular formula is C13H15N3O. The van der Waals surface area contributed by atoms with E-state index in [-0.39, 0.29) is 6.41 Å². The minimum atomic E-state index is 0.250. The molecule has 0 spiro atoms. The Labute approximate surface area is 101 Å². The van der Waals surface area contributed by atoms with Gasteiger partial charge in [0.05, 0.1) is 23.3 Å². The maximum atomic E-state index is 8.58. The lowest BCUT2D eigenvalue weighted by molar-refractivity contribution is -0.106. The molecule has 0 saturated heterocycles. The van der Waals surface area contributed by atoms with Gasteiger partial charge in [-0.1, -0.05) is 30.3 Å². The van der Waals surface area contributed by atoms with Crippen molar-refractivity contribution in [3.63, 3.8) is 0 Å². The van der Waals surface area contributed by atoms with Crippen LogP contribution in [0.2, 0.25) is 0 Å². The largest absolute Gasteiger partial charge is 0.372 e. The van der Waals surface area contributed by atoms with E-state index in [1.807, 2.05) is 50.4 Å². The molecule has 17 heavy (non-hydrogen) atoms. The zero-order chi connectivity index (χ0) is 12.7. The fourth-order valence-electron chi connectivity index (χ4n) is 1.29. The number of carbonyl (C=O) groups excluding carboxylic acids is 1. The number of nitrogens with zero attached hydrogens (tertiary/aromatic N) is 2. The lowest BCUT2D eigenvalue weighted by atomic mass is 10.1. The van der Waals surface area contributed by atoms with E-state index in [1.165, 1.54) is 0 Å². The van der Waals surface area contributed by atoms with Gasteiger partial charge >= 0.3 is 0 Å². The van der Waals surface area contributed by atoms with Crippen molar-refractivity contribution in [2.45, 2.75) is 13.8 Å². The van der Waals surface area contributed by atoms with Gasteiger partial charge in [0, 0.05) is 5.56 Å². The van der Waals surface area contributed by atoms with Crippen LogP contribution in [0.4, 0.5) is 0 Å². The molecule has 88 valence electrons. The van der Waals surface area contributed by atoms with Crippen molar-refractivity contribution < 1.29 is 4.79 Å². The van der Waals surface area contributed by atoms with E-state index in [0.717, 1.165) is 22.6 Å². The predicted octanol–water partition coefficient (Wildman–Crippen LogP) is 1.86. The number of benzene rings is 1. The molecule has 0 aliphatic heterocycles. The predicted molar refractivity (Wildman–Crippen MR) is 67.2 cm³/mol. The quantitative estimate of drug-likeness (QED) is 0.759. The van der Waals surface area contributed by atoms with Crippen LogP contribution in [0.25, 0.3) is 11.3 Å². The Morgan fingerprint density at radius 2 is 1.71 bits per heavy atom. The highest BCUT2D eigenvalue weighted by Gasteiger charge is 2.00. The molecular weight excluding hydrogens is 214 g/mol. The van der Waals surface area contributed by atoms with Crippen molar-refractivity contribution in [2.75, 3.05) is 0 Å². The van der Waals surface area contributed by atoms with Gasteiger partial charge in [-0.15, -0.1) is 0 Å². The lowest BCUT2D eigenvalue weighted by Crippen LogP contribution is -1.93. The van der Waals surface area contributed by atoms with Crippen molar-refractivity contribution in [3.05, 3.63) is 47.9 Å². The summed E-state index contributed by atoms with van der Waals surface area (Å²) in [4.78, 5) is 17.4. The van der Waals surface area contributed by atoms with Crippen LogP contribution in [0.15, 0.2) is 36.5 Å². The van der Waals surface area contributed by atoms with Crippen LogP contribution in [-0.4, -0.2) is 16.4 Å². The summed E-state index contributed by atoms with van der Waals surface area (Å²) >= 11 is 0. The summed E-state index contributed by atoms with van der Waals surface area (Å²) in [6.07, 6.45) is 2.07. The molecule has 2 rings (SSSR count). The van der Waals surface area contributed by atoms with Crippen LogP contribution in [0.5, 0.6) is 0 Å². The van der Waals surface area contributed by atoms with Crippen molar-refractivity contribution in [3.8, 4) is 11.3 Å². The number of rotatable bonds is 1. The van der Waals surface area contributed by atoms with Gasteiger partial charge in [0.25, 0.3) is 0 Å². The highest BCUT2D eigenvalue weighted by molar-refractivity contribution is 5.57. The average Bonchev–Trinajstić information content (AvgIpc) is 2.35. The molecule has 1 amide bonds. The number of amides is 1. The van der Waals surface area contributed by atoms with Gasteiger partial charge in [0.2, 0.25) is 6.41 Å². The van der Waals surface area contributed by atoms with Crippen LogP contribution < -0.4 is 5.73 Å². The Hall–Kier alpha value is -2.23. The molecule has 4 nitrogen and oxygen atoms in total. The van der Waals surface area contributed by atoms with Gasteiger partial charge in [0.15, 0.2) is 0 Å². The maximum Gasteiger partial charge on any atom is 0.204 e. The van der Waals surface area contributed by atoms with Gasteiger partial charge in [-0.2, -0.15) is 0 Å². The highest BCUT2D eigenvalue weighted by atomic mass is 16.1. The summed E-state index contributed by atoms with van der Waals surface area (Å²) < 4.78 is 0. The van der Waals surface area contributed by atoms with Gasteiger partial charge in [-0.25, -0.2) is 4.98 Å². The number of carbonyl (C=O) groups is 1. The lowest BCUT2D eigenvalue weighted by Gasteiger charge is -2.02. The van der Waals surface area contributed by atoms with Crippen molar-refractivity contribution in [1.29, 1.82) is 0 Å². The van der Waals surface area contributed by atoms with Crippen molar-refractivity contribution in [2.24, 2.45) is 5.73 Å². The molecule has 0 aliphatic carbocycles. The number of aromatic nitrogens is 2. The van der Waals surface area contributed by atoms with E-state index in [1.54, 1.807) is 0 Å². The summed E-state index contributed by atoms with van der Waals surface area (Å²) in [5.41, 5.74) is 8.20. The van der Waals surface area contributed by atoms with Gasteiger partial charge in [0.1, 0.15) is 0 Å². The van der Waals surface area contributed by atoms with E-state index < -0.39 is 0 Å². The minimum absolute atomic E-state index is 0.250. The summed E-state index contributed by atoms with van der Waals surface area (Å²) in [5, 5.41) is 0. The second kappa shape index (κ2) is 6.37. The van der Waals surface area contributed by atoms with Gasteiger partial charge < -0.3 is 5.73 Å². The van der Waals surface area contributed by atoms with E-state index in [2.05, 4.69) is 15.7 Å². The first-order chi connectivity index (χ1) is 8.19. The van der Waals surface area contributed by atoms with Crippen molar-refractivity contribution >= 4 is 6.41 Å². The minimum Gasteiger partial charge on any atom is -0.372 e. The first kappa shape index (κ1) is 12.8. The Morgan fingerprint density at radius 3 is 2.24 bits per heavy atom. The third kappa shape index (κ3) is 3.68. The Bertz CT molecular complexity index is 483. The van der Waals surface area contributed by atoms with E-state index in [9.17, 15) is 0 Å². The van der Waals surface area contributed by atoms with Crippen LogP contribution in [0, 0.1) is 13.8 Å². The Kier molecular flexibility index (Phi) is 4.81. The standard InChI is InChI=1S/C12H12N2.CH3NO/c1-9-10(2)14-12(8-13-9)11-6-4-3-5-7-11;2-1-3/h3-8H,1-2H3;1H,(H2,2,3). The van der Waals surface area contributed by atoms with Crippen molar-refractivity contribution in [1.82, 2.24) is 9.97 Å². The number of aryl methyl sites for hydroxylation is 2. The van der Waals surface area contributed by atoms with Gasteiger partial charge in [-0.05, 0) is 13.8 Å². The van der Waals surface area contributed by atoms with E-state index in [4.69, 9.17) is 4.79 Å². The number of hydrogen-bond acceptors (Lipinski definition) is 3. The molecule has 4 heteroatoms. The zero-order valence-corrected chi connectivity index (χ0v) is 9.92. The molecule has 0 radical (unpaired) electrons. The molecule has 0 bridgehead atoms. The normalized spacial score (nSPS) is 9.06. The average molecular weight is 229 g/mol. The second-order valence-electron chi connectivity index (χ2n) is 3.43. The summed E-state index contributed by atoms with van der Waals surface area (Å²) in [6, 6.07) is 10.1. The van der Waals surface area contributed by atoms with Crippen LogP contribution >= 0.6 is 0 Å². The molecule has 0 aliphatic rings. The zero-order valence-electron chi connectivity index (χ0n) is 9.92. The Balaban J connectivity index is 0.000000437. The topological polar surface area (TPSA) is 68.9 Å². The molecule has 0 atom stereocenters. The summed E-state index contributed by atoms with van der Waals surface area (Å²) in [5.74, 6) is 0. The van der Waals surface area contributed by atoms with Crippen LogP contribution in [0.3, 0.4) is 0 Å². The highest BCUT2D eigenvalue weighted by Crippen LogP contribution is 2.15. The van der Waals surface area contributed by atoms with E-state index in [0.29, 0.717) is 0 Å². The molecule has 1 heterocycles. The summed E-state index contributed by atoms with van der Waals surface area (Å²) in [7, 11) is 0. The molecule has 0 unspecified atom stereocenters. The monoisotopic (exact) mass is 229 g/mol. The number of hydrogen-bond donors (Lipinski definition) is 1. The first-order valence-electron chi connectivity index (χ1n) is 5.20. The second-order valence-corrected chi connectivity index (χ2v) is 3.43. The third-order valence-electron chi connectivity index (χ3n) is 2.26. The Morgan fingerprint density at radius 1 is 1.12 bits per heavy atom. The molecule has 0 fully saturated rings. The number of primary amides is 1. The van der Waals surface area contributed by atoms with Crippen LogP contribution in [-0.2, 0) is 4.79 Å². The molecule has 1 aromatic carbocycles.